The maximum absolute atomic E-state index is 12.3. The largest absolute Gasteiger partial charge is 0.370 e. The van der Waals surface area contributed by atoms with E-state index in [-0.39, 0.29) is 17.4 Å². The number of rotatable bonds is 6. The van der Waals surface area contributed by atoms with Crippen molar-refractivity contribution in [3.63, 3.8) is 0 Å². The molecule has 0 radical (unpaired) electrons. The van der Waals surface area contributed by atoms with E-state index in [0.29, 0.717) is 24.5 Å². The van der Waals surface area contributed by atoms with Gasteiger partial charge in [-0.15, -0.1) is 0 Å². The third-order valence-electron chi connectivity index (χ3n) is 4.89. The maximum Gasteiger partial charge on any atom is 0.268 e. The average Bonchev–Trinajstić information content (AvgIpc) is 2.66. The molecule has 2 aromatic rings. The Bertz CT molecular complexity index is 852. The van der Waals surface area contributed by atoms with Gasteiger partial charge in [0.15, 0.2) is 0 Å². The zero-order valence-corrected chi connectivity index (χ0v) is 16.3. The van der Waals surface area contributed by atoms with Gasteiger partial charge in [-0.1, -0.05) is 23.7 Å². The van der Waals surface area contributed by atoms with Gasteiger partial charge >= 0.3 is 0 Å². The minimum atomic E-state index is -0.0867. The predicted molar refractivity (Wildman–Crippen MR) is 107 cm³/mol. The fourth-order valence-electron chi connectivity index (χ4n) is 3.48. The summed E-state index contributed by atoms with van der Waals surface area (Å²) < 4.78 is 1.44. The number of aromatic nitrogens is 2. The van der Waals surface area contributed by atoms with Crippen LogP contribution < -0.4 is 15.8 Å². The highest BCUT2D eigenvalue weighted by Gasteiger charge is 2.23. The van der Waals surface area contributed by atoms with Crippen LogP contribution in [-0.2, 0) is 17.9 Å². The summed E-state index contributed by atoms with van der Waals surface area (Å²) in [4.78, 5) is 26.5. The lowest BCUT2D eigenvalue weighted by Gasteiger charge is -2.34. The van der Waals surface area contributed by atoms with Crippen molar-refractivity contribution in [2.75, 3.05) is 18.0 Å². The highest BCUT2D eigenvalue weighted by Crippen LogP contribution is 2.23. The third-order valence-corrected chi connectivity index (χ3v) is 5.13. The van der Waals surface area contributed by atoms with E-state index in [2.05, 4.69) is 15.3 Å². The van der Waals surface area contributed by atoms with E-state index in [0.717, 1.165) is 37.2 Å². The lowest BCUT2D eigenvalue weighted by molar-refractivity contribution is -0.122. The van der Waals surface area contributed by atoms with Gasteiger partial charge in [0.1, 0.15) is 0 Å². The molecule has 1 aromatic heterocycles. The molecule has 0 bridgehead atoms. The molecule has 27 heavy (non-hydrogen) atoms. The van der Waals surface area contributed by atoms with Crippen molar-refractivity contribution in [3.05, 3.63) is 57.5 Å². The van der Waals surface area contributed by atoms with Crippen molar-refractivity contribution in [2.24, 2.45) is 5.92 Å². The van der Waals surface area contributed by atoms with Gasteiger partial charge in [-0.25, -0.2) is 4.68 Å². The quantitative estimate of drug-likeness (QED) is 0.826. The first-order valence-electron chi connectivity index (χ1n) is 9.38. The minimum Gasteiger partial charge on any atom is -0.370 e. The molecule has 3 rings (SSSR count). The van der Waals surface area contributed by atoms with Gasteiger partial charge < -0.3 is 10.2 Å². The number of carbonyl (C=O) groups is 1. The summed E-state index contributed by atoms with van der Waals surface area (Å²) in [5.41, 5.74) is 1.74. The highest BCUT2D eigenvalue weighted by atomic mass is 35.5. The van der Waals surface area contributed by atoms with Crippen molar-refractivity contribution in [3.8, 4) is 0 Å². The van der Waals surface area contributed by atoms with Crippen LogP contribution in [0.2, 0.25) is 5.02 Å². The van der Waals surface area contributed by atoms with Crippen molar-refractivity contribution >= 4 is 23.2 Å². The van der Waals surface area contributed by atoms with Gasteiger partial charge in [-0.2, -0.15) is 5.10 Å². The number of piperidine rings is 1. The van der Waals surface area contributed by atoms with Gasteiger partial charge in [0, 0.05) is 43.7 Å². The molecule has 0 spiro atoms. The summed E-state index contributed by atoms with van der Waals surface area (Å²) in [7, 11) is 0. The Morgan fingerprint density at radius 2 is 2.22 bits per heavy atom. The number of hydrogen-bond donors (Lipinski definition) is 1. The first kappa shape index (κ1) is 19.4. The number of amides is 1. The number of aryl methyl sites for hydroxylation is 1. The summed E-state index contributed by atoms with van der Waals surface area (Å²) in [6.45, 7) is 4.59. The molecule has 1 amide bonds. The summed E-state index contributed by atoms with van der Waals surface area (Å²) in [5.74, 6) is 0.313. The number of benzene rings is 1. The summed E-state index contributed by atoms with van der Waals surface area (Å²) in [6.07, 6.45) is 4.24. The van der Waals surface area contributed by atoms with Crippen LogP contribution in [0, 0.1) is 5.92 Å². The van der Waals surface area contributed by atoms with Gasteiger partial charge in [0.05, 0.1) is 11.9 Å². The average molecular weight is 389 g/mol. The van der Waals surface area contributed by atoms with Crippen molar-refractivity contribution < 1.29 is 4.79 Å². The van der Waals surface area contributed by atoms with E-state index in [9.17, 15) is 9.59 Å². The molecule has 1 aliphatic rings. The number of halogens is 1. The van der Waals surface area contributed by atoms with Crippen LogP contribution in [0.5, 0.6) is 0 Å². The molecule has 0 aliphatic carbocycles. The van der Waals surface area contributed by atoms with Crippen LogP contribution in [0.3, 0.4) is 0 Å². The number of hydrogen-bond acceptors (Lipinski definition) is 4. The number of nitrogens with one attached hydrogen (secondary N) is 1. The van der Waals surface area contributed by atoms with E-state index >= 15 is 0 Å². The molecule has 7 heteroatoms. The fourth-order valence-corrected chi connectivity index (χ4v) is 3.70. The SMILES string of the molecule is CCn1ncc(N2CCCC(CC(=O)NCc3cccc(Cl)c3)C2)cc1=O. The molecule has 1 unspecified atom stereocenters. The van der Waals surface area contributed by atoms with E-state index < -0.39 is 0 Å². The molecule has 2 heterocycles. The molecule has 0 saturated carbocycles. The molecule has 1 fully saturated rings. The van der Waals surface area contributed by atoms with Crippen LogP contribution in [0.1, 0.15) is 31.7 Å². The Kier molecular flexibility index (Phi) is 6.50. The molecular weight excluding hydrogens is 364 g/mol. The van der Waals surface area contributed by atoms with E-state index in [1.54, 1.807) is 12.3 Å². The second-order valence-corrected chi connectivity index (χ2v) is 7.37. The van der Waals surface area contributed by atoms with Crippen LogP contribution in [0.4, 0.5) is 5.69 Å². The zero-order valence-electron chi connectivity index (χ0n) is 15.5. The van der Waals surface area contributed by atoms with Gasteiger partial charge in [0.2, 0.25) is 5.91 Å². The molecule has 1 N–H and O–H groups in total. The number of nitrogens with zero attached hydrogens (tertiary/aromatic N) is 3. The molecule has 1 aromatic carbocycles. The van der Waals surface area contributed by atoms with Crippen LogP contribution in [-0.4, -0.2) is 28.8 Å². The smallest absolute Gasteiger partial charge is 0.268 e. The lowest BCUT2D eigenvalue weighted by Crippen LogP contribution is -2.38. The van der Waals surface area contributed by atoms with Crippen LogP contribution >= 0.6 is 11.6 Å². The van der Waals surface area contributed by atoms with Crippen molar-refractivity contribution in [1.82, 2.24) is 15.1 Å². The van der Waals surface area contributed by atoms with Gasteiger partial charge in [0.25, 0.3) is 5.56 Å². The monoisotopic (exact) mass is 388 g/mol. The summed E-state index contributed by atoms with van der Waals surface area (Å²) in [6, 6.07) is 9.13. The molecule has 1 aliphatic heterocycles. The van der Waals surface area contributed by atoms with E-state index in [4.69, 9.17) is 11.6 Å². The second-order valence-electron chi connectivity index (χ2n) is 6.93. The third kappa shape index (κ3) is 5.32. The summed E-state index contributed by atoms with van der Waals surface area (Å²) in [5, 5.41) is 7.84. The Morgan fingerprint density at radius 3 is 2.96 bits per heavy atom. The maximum atomic E-state index is 12.3. The van der Waals surface area contributed by atoms with Gasteiger partial charge in [-0.05, 0) is 43.4 Å². The van der Waals surface area contributed by atoms with Crippen molar-refractivity contribution in [2.45, 2.75) is 39.3 Å². The number of anilines is 1. The minimum absolute atomic E-state index is 0.0429. The molecular formula is C20H25ClN4O2. The van der Waals surface area contributed by atoms with Crippen LogP contribution in [0.15, 0.2) is 41.3 Å². The summed E-state index contributed by atoms with van der Waals surface area (Å²) >= 11 is 5.97. The Labute approximate surface area is 164 Å². The topological polar surface area (TPSA) is 67.2 Å². The Hall–Kier alpha value is -2.34. The van der Waals surface area contributed by atoms with E-state index in [1.807, 2.05) is 31.2 Å². The normalized spacial score (nSPS) is 17.0. The predicted octanol–water partition coefficient (Wildman–Crippen LogP) is 2.84. The van der Waals surface area contributed by atoms with Crippen molar-refractivity contribution in [1.29, 1.82) is 0 Å². The second kappa shape index (κ2) is 9.04. The first-order chi connectivity index (χ1) is 13.0. The Morgan fingerprint density at radius 1 is 1.37 bits per heavy atom. The van der Waals surface area contributed by atoms with Gasteiger partial charge in [-0.3, -0.25) is 9.59 Å². The standard InChI is InChI=1S/C20H25ClN4O2/c1-2-25-20(27)11-18(13-23-25)24-8-4-6-16(14-24)10-19(26)22-12-15-5-3-7-17(21)9-15/h3,5,7,9,11,13,16H,2,4,6,8,10,12,14H2,1H3,(H,22,26). The highest BCUT2D eigenvalue weighted by molar-refractivity contribution is 6.30. The van der Waals surface area contributed by atoms with Crippen LogP contribution in [0.25, 0.3) is 0 Å². The Balaban J connectivity index is 1.54. The molecule has 1 saturated heterocycles. The first-order valence-corrected chi connectivity index (χ1v) is 9.76. The molecule has 144 valence electrons. The lowest BCUT2D eigenvalue weighted by atomic mass is 9.94. The molecule has 1 atom stereocenters. The zero-order chi connectivity index (χ0) is 19.2. The fraction of sp³-hybridized carbons (Fsp3) is 0.450. The van der Waals surface area contributed by atoms with E-state index in [1.165, 1.54) is 4.68 Å². The molecule has 6 nitrogen and oxygen atoms in total. The number of carbonyl (C=O) groups excluding carboxylic acids is 1.